The van der Waals surface area contributed by atoms with E-state index in [1.165, 1.54) is 19.3 Å². The van der Waals surface area contributed by atoms with Crippen LogP contribution in [0.15, 0.2) is 0 Å². The topological polar surface area (TPSA) is 20.2 Å². The molecule has 0 bridgehead atoms. The lowest BCUT2D eigenvalue weighted by atomic mass is 9.73. The fourth-order valence-corrected chi connectivity index (χ4v) is 2.16. The van der Waals surface area contributed by atoms with Gasteiger partial charge in [0.25, 0.3) is 0 Å². The SMILES string of the molecule is CCC1CCC(O)(C(C)C)CC1. The average Bonchev–Trinajstić information content (AvgIpc) is 2.06. The van der Waals surface area contributed by atoms with Crippen molar-refractivity contribution >= 4 is 0 Å². The second-order valence-electron chi connectivity index (χ2n) is 4.61. The van der Waals surface area contributed by atoms with Crippen LogP contribution in [-0.4, -0.2) is 10.7 Å². The van der Waals surface area contributed by atoms with Crippen molar-refractivity contribution < 1.29 is 5.11 Å². The molecule has 1 saturated carbocycles. The van der Waals surface area contributed by atoms with Gasteiger partial charge >= 0.3 is 0 Å². The van der Waals surface area contributed by atoms with Gasteiger partial charge in [-0.1, -0.05) is 27.2 Å². The zero-order valence-electron chi connectivity index (χ0n) is 8.64. The maximum absolute atomic E-state index is 10.2. The summed E-state index contributed by atoms with van der Waals surface area (Å²) in [6.45, 7) is 6.52. The molecule has 0 aromatic rings. The van der Waals surface area contributed by atoms with E-state index in [2.05, 4.69) is 20.8 Å². The predicted octanol–water partition coefficient (Wildman–Crippen LogP) is 2.97. The Balaban J connectivity index is 2.44. The summed E-state index contributed by atoms with van der Waals surface area (Å²) in [7, 11) is 0. The van der Waals surface area contributed by atoms with Crippen LogP contribution in [0.2, 0.25) is 0 Å². The predicted molar refractivity (Wildman–Crippen MR) is 52.0 cm³/mol. The highest BCUT2D eigenvalue weighted by molar-refractivity contribution is 4.87. The Bertz CT molecular complexity index is 132. The lowest BCUT2D eigenvalue weighted by molar-refractivity contribution is -0.0480. The first-order chi connectivity index (χ1) is 5.58. The van der Waals surface area contributed by atoms with Gasteiger partial charge in [-0.2, -0.15) is 0 Å². The number of hydrogen-bond acceptors (Lipinski definition) is 1. The van der Waals surface area contributed by atoms with Gasteiger partial charge in [-0.25, -0.2) is 0 Å². The van der Waals surface area contributed by atoms with Gasteiger partial charge in [0.2, 0.25) is 0 Å². The molecule has 0 aromatic carbocycles. The second kappa shape index (κ2) is 3.78. The second-order valence-corrected chi connectivity index (χ2v) is 4.61. The molecule has 0 atom stereocenters. The van der Waals surface area contributed by atoms with Crippen molar-refractivity contribution in [1.82, 2.24) is 0 Å². The Kier molecular flexibility index (Phi) is 3.16. The van der Waals surface area contributed by atoms with Crippen LogP contribution in [0.5, 0.6) is 0 Å². The molecule has 1 aliphatic carbocycles. The molecule has 1 fully saturated rings. The summed E-state index contributed by atoms with van der Waals surface area (Å²) < 4.78 is 0. The first-order valence-electron chi connectivity index (χ1n) is 5.31. The Labute approximate surface area is 76.2 Å². The Morgan fingerprint density at radius 3 is 2.17 bits per heavy atom. The van der Waals surface area contributed by atoms with E-state index in [9.17, 15) is 5.11 Å². The minimum atomic E-state index is -0.342. The van der Waals surface area contributed by atoms with Crippen LogP contribution in [-0.2, 0) is 0 Å². The average molecular weight is 170 g/mol. The number of hydrogen-bond donors (Lipinski definition) is 1. The Morgan fingerprint density at radius 2 is 1.83 bits per heavy atom. The largest absolute Gasteiger partial charge is 0.390 e. The van der Waals surface area contributed by atoms with Crippen molar-refractivity contribution in [3.63, 3.8) is 0 Å². The molecule has 0 unspecified atom stereocenters. The first-order valence-corrected chi connectivity index (χ1v) is 5.31. The summed E-state index contributed by atoms with van der Waals surface area (Å²) in [5.74, 6) is 1.30. The number of rotatable bonds is 2. The van der Waals surface area contributed by atoms with Gasteiger partial charge in [0.05, 0.1) is 5.60 Å². The summed E-state index contributed by atoms with van der Waals surface area (Å²) in [6.07, 6.45) is 5.77. The molecule has 1 heteroatoms. The molecule has 0 heterocycles. The fourth-order valence-electron chi connectivity index (χ4n) is 2.16. The van der Waals surface area contributed by atoms with Crippen LogP contribution in [0, 0.1) is 11.8 Å². The molecular formula is C11H22O. The summed E-state index contributed by atoms with van der Waals surface area (Å²) in [6, 6.07) is 0. The molecular weight excluding hydrogens is 148 g/mol. The van der Waals surface area contributed by atoms with E-state index in [0.29, 0.717) is 5.92 Å². The lowest BCUT2D eigenvalue weighted by Gasteiger charge is -2.38. The normalized spacial score (nSPS) is 37.2. The highest BCUT2D eigenvalue weighted by Gasteiger charge is 2.34. The summed E-state index contributed by atoms with van der Waals surface area (Å²) in [4.78, 5) is 0. The third-order valence-electron chi connectivity index (χ3n) is 3.62. The van der Waals surface area contributed by atoms with Gasteiger partial charge in [-0.15, -0.1) is 0 Å². The smallest absolute Gasteiger partial charge is 0.0670 e. The van der Waals surface area contributed by atoms with Crippen molar-refractivity contribution in [1.29, 1.82) is 0 Å². The summed E-state index contributed by atoms with van der Waals surface area (Å²) >= 11 is 0. The van der Waals surface area contributed by atoms with Crippen LogP contribution in [0.3, 0.4) is 0 Å². The van der Waals surface area contributed by atoms with Crippen LogP contribution in [0.25, 0.3) is 0 Å². The minimum absolute atomic E-state index is 0.342. The molecule has 1 aliphatic rings. The van der Waals surface area contributed by atoms with Gasteiger partial charge in [-0.3, -0.25) is 0 Å². The Morgan fingerprint density at radius 1 is 1.33 bits per heavy atom. The van der Waals surface area contributed by atoms with Gasteiger partial charge in [0, 0.05) is 0 Å². The van der Waals surface area contributed by atoms with Gasteiger partial charge in [0.1, 0.15) is 0 Å². The molecule has 0 aliphatic heterocycles. The van der Waals surface area contributed by atoms with Gasteiger partial charge in [0.15, 0.2) is 0 Å². The van der Waals surface area contributed by atoms with Gasteiger partial charge < -0.3 is 5.11 Å². The Hall–Kier alpha value is -0.0400. The van der Waals surface area contributed by atoms with Crippen molar-refractivity contribution in [3.05, 3.63) is 0 Å². The van der Waals surface area contributed by atoms with E-state index in [1.54, 1.807) is 0 Å². The maximum atomic E-state index is 10.2. The van der Waals surface area contributed by atoms with Gasteiger partial charge in [-0.05, 0) is 37.5 Å². The molecule has 1 nitrogen and oxygen atoms in total. The first kappa shape index (κ1) is 10.0. The molecule has 0 amide bonds. The maximum Gasteiger partial charge on any atom is 0.0670 e. The molecule has 12 heavy (non-hydrogen) atoms. The van der Waals surface area contributed by atoms with Crippen molar-refractivity contribution in [2.45, 2.75) is 58.5 Å². The fraction of sp³-hybridized carbons (Fsp3) is 1.00. The van der Waals surface area contributed by atoms with Crippen LogP contribution in [0.1, 0.15) is 52.9 Å². The third kappa shape index (κ3) is 2.01. The molecule has 0 aromatic heterocycles. The van der Waals surface area contributed by atoms with Crippen LogP contribution < -0.4 is 0 Å². The third-order valence-corrected chi connectivity index (χ3v) is 3.62. The van der Waals surface area contributed by atoms with Crippen LogP contribution in [0.4, 0.5) is 0 Å². The van der Waals surface area contributed by atoms with E-state index >= 15 is 0 Å². The zero-order chi connectivity index (χ0) is 9.19. The number of aliphatic hydroxyl groups is 1. The quantitative estimate of drug-likeness (QED) is 0.675. The van der Waals surface area contributed by atoms with Crippen LogP contribution >= 0.6 is 0 Å². The van der Waals surface area contributed by atoms with E-state index < -0.39 is 0 Å². The minimum Gasteiger partial charge on any atom is -0.390 e. The highest BCUT2D eigenvalue weighted by Crippen LogP contribution is 2.37. The molecule has 0 radical (unpaired) electrons. The molecule has 0 spiro atoms. The van der Waals surface area contributed by atoms with E-state index in [-0.39, 0.29) is 5.60 Å². The van der Waals surface area contributed by atoms with E-state index in [1.807, 2.05) is 0 Å². The molecule has 1 N–H and O–H groups in total. The zero-order valence-corrected chi connectivity index (χ0v) is 8.64. The highest BCUT2D eigenvalue weighted by atomic mass is 16.3. The van der Waals surface area contributed by atoms with Crippen molar-refractivity contribution in [2.75, 3.05) is 0 Å². The molecule has 1 rings (SSSR count). The molecule has 0 saturated heterocycles. The molecule has 72 valence electrons. The monoisotopic (exact) mass is 170 g/mol. The van der Waals surface area contributed by atoms with E-state index in [4.69, 9.17) is 0 Å². The van der Waals surface area contributed by atoms with E-state index in [0.717, 1.165) is 18.8 Å². The lowest BCUT2D eigenvalue weighted by Crippen LogP contribution is -2.38. The van der Waals surface area contributed by atoms with Crippen molar-refractivity contribution in [3.8, 4) is 0 Å². The summed E-state index contributed by atoms with van der Waals surface area (Å²) in [5, 5.41) is 10.2. The standard InChI is InChI=1S/C11H22O/c1-4-10-5-7-11(12,8-6-10)9(2)3/h9-10,12H,4-8H2,1-3H3. The summed E-state index contributed by atoms with van der Waals surface area (Å²) in [5.41, 5.74) is -0.342. The van der Waals surface area contributed by atoms with Crippen molar-refractivity contribution in [2.24, 2.45) is 11.8 Å².